The summed E-state index contributed by atoms with van der Waals surface area (Å²) >= 11 is 0. The van der Waals surface area contributed by atoms with Gasteiger partial charge in [-0.2, -0.15) is 0 Å². The fourth-order valence-electron chi connectivity index (χ4n) is 3.03. The number of aryl methyl sites for hydroxylation is 1. The van der Waals surface area contributed by atoms with Gasteiger partial charge in [0.05, 0.1) is 0 Å². The van der Waals surface area contributed by atoms with E-state index in [0.717, 1.165) is 24.6 Å². The average Bonchev–Trinajstić information content (AvgIpc) is 2.45. The molecule has 0 radical (unpaired) electrons. The van der Waals surface area contributed by atoms with Gasteiger partial charge in [0.1, 0.15) is 0 Å². The van der Waals surface area contributed by atoms with Crippen molar-refractivity contribution in [1.29, 1.82) is 0 Å². The van der Waals surface area contributed by atoms with Crippen LogP contribution in [0.15, 0.2) is 24.3 Å². The van der Waals surface area contributed by atoms with Gasteiger partial charge in [-0.25, -0.2) is 0 Å². The van der Waals surface area contributed by atoms with Gasteiger partial charge in [0.15, 0.2) is 0 Å². The first kappa shape index (κ1) is 14.9. The molecule has 0 bridgehead atoms. The molecule has 1 aromatic rings. The Morgan fingerprint density at radius 3 is 2.75 bits per heavy atom. The Morgan fingerprint density at radius 2 is 2.05 bits per heavy atom. The van der Waals surface area contributed by atoms with Crippen LogP contribution in [0.1, 0.15) is 44.6 Å². The van der Waals surface area contributed by atoms with Gasteiger partial charge in [0.2, 0.25) is 5.91 Å². The van der Waals surface area contributed by atoms with Crippen molar-refractivity contribution in [3.8, 4) is 0 Å². The predicted octanol–water partition coefficient (Wildman–Crippen LogP) is 3.14. The lowest BCUT2D eigenvalue weighted by Crippen LogP contribution is -2.31. The Morgan fingerprint density at radius 1 is 1.30 bits per heavy atom. The topological polar surface area (TPSA) is 55.1 Å². The maximum Gasteiger partial charge on any atom is 0.220 e. The van der Waals surface area contributed by atoms with Gasteiger partial charge in [-0.3, -0.25) is 4.79 Å². The van der Waals surface area contributed by atoms with E-state index in [1.54, 1.807) is 0 Å². The Hall–Kier alpha value is -1.51. The summed E-state index contributed by atoms with van der Waals surface area (Å²) in [5.74, 6) is 1.67. The molecule has 2 unspecified atom stereocenters. The largest absolute Gasteiger partial charge is 0.399 e. The normalized spacial score (nSPS) is 22.4. The van der Waals surface area contributed by atoms with Gasteiger partial charge in [-0.1, -0.05) is 31.9 Å². The number of carbonyl (C=O) groups excluding carboxylic acids is 1. The third kappa shape index (κ3) is 4.87. The van der Waals surface area contributed by atoms with Crippen LogP contribution in [0.2, 0.25) is 0 Å². The lowest BCUT2D eigenvalue weighted by molar-refractivity contribution is -0.121. The number of amides is 1. The molecular weight excluding hydrogens is 248 g/mol. The number of hydrogen-bond acceptors (Lipinski definition) is 2. The monoisotopic (exact) mass is 274 g/mol. The molecule has 1 fully saturated rings. The summed E-state index contributed by atoms with van der Waals surface area (Å²) in [6.07, 6.45) is 6.54. The molecule has 0 aromatic heterocycles. The zero-order valence-corrected chi connectivity index (χ0v) is 12.4. The second-order valence-corrected chi connectivity index (χ2v) is 6.18. The van der Waals surface area contributed by atoms with Crippen molar-refractivity contribution in [3.63, 3.8) is 0 Å². The van der Waals surface area contributed by atoms with Crippen LogP contribution in [0.5, 0.6) is 0 Å². The molecule has 3 N–H and O–H groups in total. The smallest absolute Gasteiger partial charge is 0.220 e. The Kier molecular flexibility index (Phi) is 5.45. The van der Waals surface area contributed by atoms with Crippen LogP contribution in [-0.4, -0.2) is 12.5 Å². The highest BCUT2D eigenvalue weighted by Crippen LogP contribution is 2.27. The first-order valence-corrected chi connectivity index (χ1v) is 7.74. The summed E-state index contributed by atoms with van der Waals surface area (Å²) in [5.41, 5.74) is 7.58. The second-order valence-electron chi connectivity index (χ2n) is 6.18. The Balaban J connectivity index is 1.66. The Bertz CT molecular complexity index is 427. The second kappa shape index (κ2) is 7.32. The lowest BCUT2D eigenvalue weighted by atomic mass is 9.82. The number of benzene rings is 1. The van der Waals surface area contributed by atoms with Crippen molar-refractivity contribution >= 4 is 11.6 Å². The zero-order chi connectivity index (χ0) is 14.4. The number of hydrogen-bond donors (Lipinski definition) is 2. The van der Waals surface area contributed by atoms with E-state index < -0.39 is 0 Å². The van der Waals surface area contributed by atoms with Gasteiger partial charge in [-0.05, 0) is 48.8 Å². The van der Waals surface area contributed by atoms with Gasteiger partial charge in [-0.15, -0.1) is 0 Å². The maximum atomic E-state index is 11.9. The summed E-state index contributed by atoms with van der Waals surface area (Å²) in [4.78, 5) is 11.9. The Labute approximate surface area is 121 Å². The van der Waals surface area contributed by atoms with E-state index in [0.29, 0.717) is 12.3 Å². The fourth-order valence-corrected chi connectivity index (χ4v) is 3.03. The highest BCUT2D eigenvalue weighted by atomic mass is 16.1. The number of nitrogens with one attached hydrogen (secondary N) is 1. The van der Waals surface area contributed by atoms with Gasteiger partial charge in [0.25, 0.3) is 0 Å². The van der Waals surface area contributed by atoms with E-state index >= 15 is 0 Å². The molecule has 3 heteroatoms. The van der Waals surface area contributed by atoms with Crippen molar-refractivity contribution in [3.05, 3.63) is 29.8 Å². The SMILES string of the molecule is CC1CCCC(CNC(=O)CCc2ccc(N)cc2)C1. The number of carbonyl (C=O) groups is 1. The van der Waals surface area contributed by atoms with Crippen LogP contribution in [0.4, 0.5) is 5.69 Å². The van der Waals surface area contributed by atoms with Crippen LogP contribution < -0.4 is 11.1 Å². The van der Waals surface area contributed by atoms with E-state index in [1.165, 1.54) is 31.2 Å². The zero-order valence-electron chi connectivity index (χ0n) is 12.4. The van der Waals surface area contributed by atoms with Crippen molar-refractivity contribution in [2.75, 3.05) is 12.3 Å². The molecule has 20 heavy (non-hydrogen) atoms. The van der Waals surface area contributed by atoms with E-state index in [4.69, 9.17) is 5.73 Å². The first-order chi connectivity index (χ1) is 9.63. The van der Waals surface area contributed by atoms with Gasteiger partial charge < -0.3 is 11.1 Å². The standard InChI is InChI=1S/C17H26N2O/c1-13-3-2-4-15(11-13)12-19-17(20)10-7-14-5-8-16(18)9-6-14/h5-6,8-9,13,15H,2-4,7,10-12,18H2,1H3,(H,19,20). The molecule has 3 nitrogen and oxygen atoms in total. The number of rotatable bonds is 5. The van der Waals surface area contributed by atoms with E-state index in [-0.39, 0.29) is 5.91 Å². The molecule has 0 saturated heterocycles. The van der Waals surface area contributed by atoms with E-state index in [1.807, 2.05) is 24.3 Å². The van der Waals surface area contributed by atoms with Crippen molar-refractivity contribution < 1.29 is 4.79 Å². The molecule has 2 rings (SSSR count). The minimum atomic E-state index is 0.167. The molecule has 110 valence electrons. The van der Waals surface area contributed by atoms with E-state index in [9.17, 15) is 4.79 Å². The first-order valence-electron chi connectivity index (χ1n) is 7.74. The minimum Gasteiger partial charge on any atom is -0.399 e. The minimum absolute atomic E-state index is 0.167. The molecule has 0 spiro atoms. The summed E-state index contributed by atoms with van der Waals surface area (Å²) in [6.45, 7) is 3.17. The number of anilines is 1. The van der Waals surface area contributed by atoms with Gasteiger partial charge >= 0.3 is 0 Å². The van der Waals surface area contributed by atoms with Crippen LogP contribution >= 0.6 is 0 Å². The van der Waals surface area contributed by atoms with E-state index in [2.05, 4.69) is 12.2 Å². The summed E-state index contributed by atoms with van der Waals surface area (Å²) in [6, 6.07) is 7.75. The summed E-state index contributed by atoms with van der Waals surface area (Å²) in [7, 11) is 0. The molecule has 1 saturated carbocycles. The highest BCUT2D eigenvalue weighted by Gasteiger charge is 2.19. The predicted molar refractivity (Wildman–Crippen MR) is 83.3 cm³/mol. The van der Waals surface area contributed by atoms with Crippen LogP contribution in [-0.2, 0) is 11.2 Å². The average molecular weight is 274 g/mol. The molecular formula is C17H26N2O. The molecule has 1 aliphatic rings. The third-order valence-electron chi connectivity index (χ3n) is 4.25. The number of nitrogen functional groups attached to an aromatic ring is 1. The summed E-state index contributed by atoms with van der Waals surface area (Å²) in [5, 5.41) is 3.09. The highest BCUT2D eigenvalue weighted by molar-refractivity contribution is 5.76. The van der Waals surface area contributed by atoms with Crippen molar-refractivity contribution in [1.82, 2.24) is 5.32 Å². The molecule has 0 heterocycles. The van der Waals surface area contributed by atoms with Crippen LogP contribution in [0.3, 0.4) is 0 Å². The summed E-state index contributed by atoms with van der Waals surface area (Å²) < 4.78 is 0. The maximum absolute atomic E-state index is 11.9. The van der Waals surface area contributed by atoms with Crippen molar-refractivity contribution in [2.24, 2.45) is 11.8 Å². The third-order valence-corrected chi connectivity index (χ3v) is 4.25. The molecule has 2 atom stereocenters. The van der Waals surface area contributed by atoms with Crippen molar-refractivity contribution in [2.45, 2.75) is 45.4 Å². The molecule has 0 aliphatic heterocycles. The molecule has 1 aromatic carbocycles. The van der Waals surface area contributed by atoms with Crippen LogP contribution in [0.25, 0.3) is 0 Å². The quantitative estimate of drug-likeness (QED) is 0.810. The molecule has 1 amide bonds. The number of nitrogens with two attached hydrogens (primary N) is 1. The van der Waals surface area contributed by atoms with Gasteiger partial charge in [0, 0.05) is 18.7 Å². The lowest BCUT2D eigenvalue weighted by Gasteiger charge is -2.26. The fraction of sp³-hybridized carbons (Fsp3) is 0.588. The molecule has 1 aliphatic carbocycles. The van der Waals surface area contributed by atoms with Crippen LogP contribution in [0, 0.1) is 11.8 Å².